The van der Waals surface area contributed by atoms with Gasteiger partial charge in [-0.1, -0.05) is 0 Å². The van der Waals surface area contributed by atoms with Crippen LogP contribution in [0.5, 0.6) is 0 Å². The highest BCUT2D eigenvalue weighted by Crippen LogP contribution is 2.22. The number of pyridine rings is 1. The summed E-state index contributed by atoms with van der Waals surface area (Å²) in [6.45, 7) is 8.00. The molecule has 0 bridgehead atoms. The zero-order valence-corrected chi connectivity index (χ0v) is 17.4. The molecule has 0 aliphatic carbocycles. The molecule has 2 saturated heterocycles. The summed E-state index contributed by atoms with van der Waals surface area (Å²) in [6.07, 6.45) is 3.91. The van der Waals surface area contributed by atoms with Gasteiger partial charge in [-0.25, -0.2) is 9.97 Å². The van der Waals surface area contributed by atoms with E-state index in [1.165, 1.54) is 0 Å². The number of carbonyl (C=O) groups excluding carboxylic acids is 1. The monoisotopic (exact) mass is 401 g/mol. The third kappa shape index (κ3) is 4.44. The van der Waals surface area contributed by atoms with Gasteiger partial charge in [0.1, 0.15) is 11.3 Å². The summed E-state index contributed by atoms with van der Waals surface area (Å²) in [7, 11) is 1.71. The van der Waals surface area contributed by atoms with Crippen molar-refractivity contribution < 1.29 is 14.3 Å². The number of morpholine rings is 1. The van der Waals surface area contributed by atoms with Crippen molar-refractivity contribution in [2.24, 2.45) is 0 Å². The molecule has 0 N–H and O–H groups in total. The van der Waals surface area contributed by atoms with Gasteiger partial charge in [0.15, 0.2) is 5.65 Å². The molecule has 0 spiro atoms. The lowest BCUT2D eigenvalue weighted by Crippen LogP contribution is -2.62. The number of imidazole rings is 1. The van der Waals surface area contributed by atoms with Gasteiger partial charge in [0.25, 0.3) is 0 Å². The van der Waals surface area contributed by atoms with Crippen LogP contribution in [0.15, 0.2) is 18.3 Å². The first-order valence-electron chi connectivity index (χ1n) is 10.6. The summed E-state index contributed by atoms with van der Waals surface area (Å²) in [5.41, 5.74) is 1.78. The van der Waals surface area contributed by atoms with E-state index < -0.39 is 0 Å². The smallest absolute Gasteiger partial charge is 0.222 e. The van der Waals surface area contributed by atoms with Crippen LogP contribution in [-0.2, 0) is 20.7 Å². The molecule has 1 unspecified atom stereocenters. The van der Waals surface area contributed by atoms with Gasteiger partial charge >= 0.3 is 0 Å². The van der Waals surface area contributed by atoms with Crippen LogP contribution in [0, 0.1) is 0 Å². The van der Waals surface area contributed by atoms with Crippen molar-refractivity contribution in [1.82, 2.24) is 24.3 Å². The SMILES string of the molecule is COCC(C)n1c(CCCC(=O)N2CC(N3CCOCC3)C2)nc2cccnc21. The Bertz CT molecular complexity index is 827. The van der Waals surface area contributed by atoms with Gasteiger partial charge in [-0.3, -0.25) is 9.69 Å². The second kappa shape index (κ2) is 9.19. The van der Waals surface area contributed by atoms with Gasteiger partial charge in [-0.05, 0) is 25.5 Å². The molecule has 2 aromatic heterocycles. The highest BCUT2D eigenvalue weighted by atomic mass is 16.5. The van der Waals surface area contributed by atoms with Crippen molar-refractivity contribution >= 4 is 17.1 Å². The first-order chi connectivity index (χ1) is 14.2. The minimum absolute atomic E-state index is 0.148. The average Bonchev–Trinajstić information content (AvgIpc) is 3.06. The lowest BCUT2D eigenvalue weighted by Gasteiger charge is -2.46. The van der Waals surface area contributed by atoms with Crippen LogP contribution < -0.4 is 0 Å². The number of fused-ring (bicyclic) bond motifs is 1. The Morgan fingerprint density at radius 2 is 2.14 bits per heavy atom. The Morgan fingerprint density at radius 3 is 2.90 bits per heavy atom. The van der Waals surface area contributed by atoms with E-state index in [9.17, 15) is 4.79 Å². The molecule has 4 heterocycles. The number of methoxy groups -OCH3 is 1. The van der Waals surface area contributed by atoms with E-state index in [-0.39, 0.29) is 11.9 Å². The lowest BCUT2D eigenvalue weighted by atomic mass is 10.1. The second-order valence-corrected chi connectivity index (χ2v) is 8.00. The summed E-state index contributed by atoms with van der Waals surface area (Å²) in [6, 6.07) is 4.55. The highest BCUT2D eigenvalue weighted by Gasteiger charge is 2.34. The molecule has 0 radical (unpaired) electrons. The van der Waals surface area contributed by atoms with Crippen molar-refractivity contribution in [2.45, 2.75) is 38.3 Å². The maximum Gasteiger partial charge on any atom is 0.222 e. The number of ether oxygens (including phenoxy) is 2. The van der Waals surface area contributed by atoms with Gasteiger partial charge in [0.05, 0.1) is 25.9 Å². The fraction of sp³-hybridized carbons (Fsp3) is 0.667. The molecule has 8 heteroatoms. The predicted molar refractivity (Wildman–Crippen MR) is 110 cm³/mol. The predicted octanol–water partition coefficient (Wildman–Crippen LogP) is 1.50. The maximum atomic E-state index is 12.6. The van der Waals surface area contributed by atoms with Gasteiger partial charge in [0, 0.05) is 58.4 Å². The topological polar surface area (TPSA) is 72.7 Å². The molecule has 1 amide bonds. The number of aromatic nitrogens is 3. The molecule has 1 atom stereocenters. The zero-order valence-electron chi connectivity index (χ0n) is 17.4. The fourth-order valence-corrected chi connectivity index (χ4v) is 4.32. The summed E-state index contributed by atoms with van der Waals surface area (Å²) in [4.78, 5) is 26.3. The van der Waals surface area contributed by atoms with E-state index in [1.807, 2.05) is 17.0 Å². The third-order valence-corrected chi connectivity index (χ3v) is 5.94. The molecule has 2 aromatic rings. The Morgan fingerprint density at radius 1 is 1.34 bits per heavy atom. The summed E-state index contributed by atoms with van der Waals surface area (Å²) in [5.74, 6) is 1.23. The Hall–Kier alpha value is -2.03. The quantitative estimate of drug-likeness (QED) is 0.668. The number of likely N-dealkylation sites (tertiary alicyclic amines) is 1. The molecule has 2 fully saturated rings. The summed E-state index contributed by atoms with van der Waals surface area (Å²) in [5, 5.41) is 0. The third-order valence-electron chi connectivity index (χ3n) is 5.94. The summed E-state index contributed by atoms with van der Waals surface area (Å²) >= 11 is 0. The maximum absolute atomic E-state index is 12.6. The zero-order chi connectivity index (χ0) is 20.2. The van der Waals surface area contributed by atoms with E-state index in [4.69, 9.17) is 14.5 Å². The van der Waals surface area contributed by atoms with Crippen LogP contribution in [0.3, 0.4) is 0 Å². The first kappa shape index (κ1) is 20.3. The lowest BCUT2D eigenvalue weighted by molar-refractivity contribution is -0.140. The van der Waals surface area contributed by atoms with Gasteiger partial charge < -0.3 is 18.9 Å². The average molecular weight is 402 g/mol. The first-order valence-corrected chi connectivity index (χ1v) is 10.6. The largest absolute Gasteiger partial charge is 0.383 e. The van der Waals surface area contributed by atoms with E-state index in [0.29, 0.717) is 19.1 Å². The van der Waals surface area contributed by atoms with Crippen LogP contribution in [0.1, 0.15) is 31.6 Å². The molecule has 2 aliphatic heterocycles. The molecule has 0 saturated carbocycles. The number of nitrogens with zero attached hydrogens (tertiary/aromatic N) is 5. The fourth-order valence-electron chi connectivity index (χ4n) is 4.32. The molecule has 158 valence electrons. The minimum atomic E-state index is 0.148. The number of rotatable bonds is 8. The van der Waals surface area contributed by atoms with Crippen LogP contribution in [0.2, 0.25) is 0 Å². The van der Waals surface area contributed by atoms with Crippen molar-refractivity contribution in [3.05, 3.63) is 24.2 Å². The molecule has 4 rings (SSSR count). The van der Waals surface area contributed by atoms with Crippen LogP contribution >= 0.6 is 0 Å². The van der Waals surface area contributed by atoms with Crippen LogP contribution in [0.25, 0.3) is 11.2 Å². The Balaban J connectivity index is 1.31. The number of hydrogen-bond donors (Lipinski definition) is 0. The van der Waals surface area contributed by atoms with Crippen molar-refractivity contribution in [1.29, 1.82) is 0 Å². The minimum Gasteiger partial charge on any atom is -0.383 e. The van der Waals surface area contributed by atoms with Crippen LogP contribution in [-0.4, -0.2) is 89.4 Å². The van der Waals surface area contributed by atoms with E-state index in [0.717, 1.165) is 69.2 Å². The second-order valence-electron chi connectivity index (χ2n) is 8.00. The van der Waals surface area contributed by atoms with Crippen molar-refractivity contribution in [3.8, 4) is 0 Å². The molecule has 8 nitrogen and oxygen atoms in total. The van der Waals surface area contributed by atoms with Crippen LogP contribution in [0.4, 0.5) is 0 Å². The number of carbonyl (C=O) groups is 1. The van der Waals surface area contributed by atoms with Gasteiger partial charge in [-0.2, -0.15) is 0 Å². The molecule has 0 aromatic carbocycles. The highest BCUT2D eigenvalue weighted by molar-refractivity contribution is 5.77. The van der Waals surface area contributed by atoms with E-state index >= 15 is 0 Å². The number of amides is 1. The van der Waals surface area contributed by atoms with Crippen molar-refractivity contribution in [3.63, 3.8) is 0 Å². The van der Waals surface area contributed by atoms with Crippen molar-refractivity contribution in [2.75, 3.05) is 53.1 Å². The summed E-state index contributed by atoms with van der Waals surface area (Å²) < 4.78 is 12.9. The number of hydrogen-bond acceptors (Lipinski definition) is 6. The molecule has 2 aliphatic rings. The van der Waals surface area contributed by atoms with Gasteiger partial charge in [-0.15, -0.1) is 0 Å². The molecular weight excluding hydrogens is 370 g/mol. The standard InChI is InChI=1S/C21H31N5O3/c1-16(15-28-2)26-19(23-18-5-4-8-22-21(18)26)6-3-7-20(27)25-13-17(14-25)24-9-11-29-12-10-24/h4-5,8,16-17H,3,6-7,9-15H2,1-2H3. The van der Waals surface area contributed by atoms with E-state index in [1.54, 1.807) is 13.3 Å². The molecular formula is C21H31N5O3. The Labute approximate surface area is 171 Å². The Kier molecular flexibility index (Phi) is 6.42. The van der Waals surface area contributed by atoms with E-state index in [2.05, 4.69) is 21.4 Å². The van der Waals surface area contributed by atoms with Gasteiger partial charge in [0.2, 0.25) is 5.91 Å². The molecule has 29 heavy (non-hydrogen) atoms. The normalized spacial score (nSPS) is 19.4. The number of aryl methyl sites for hydroxylation is 1.